The average Bonchev–Trinajstić information content (AvgIpc) is 2.19. The molecule has 0 aliphatic carbocycles. The molecule has 4 nitrogen and oxygen atoms in total. The summed E-state index contributed by atoms with van der Waals surface area (Å²) >= 11 is 5.97. The zero-order valence-electron chi connectivity index (χ0n) is 7.90. The molecule has 5 heteroatoms. The fourth-order valence-electron chi connectivity index (χ4n) is 1.02. The molecule has 1 heterocycles. The highest BCUT2D eigenvalue weighted by Crippen LogP contribution is 2.24. The molecule has 0 aromatic heterocycles. The summed E-state index contributed by atoms with van der Waals surface area (Å²) in [6.45, 7) is 1.82. The van der Waals surface area contributed by atoms with Gasteiger partial charge in [-0.15, -0.1) is 0 Å². The average molecular weight is 209 g/mol. The van der Waals surface area contributed by atoms with Crippen molar-refractivity contribution in [3.63, 3.8) is 0 Å². The number of rotatable bonds is 1. The molecule has 0 amide bonds. The Morgan fingerprint density at radius 1 is 1.71 bits per heavy atom. The highest BCUT2D eigenvalue weighted by molar-refractivity contribution is 6.34. The van der Waals surface area contributed by atoms with Gasteiger partial charge in [-0.05, 0) is 6.92 Å². The second kappa shape index (κ2) is 4.58. The summed E-state index contributed by atoms with van der Waals surface area (Å²) in [5.74, 6) is 0. The number of hydrogen-bond acceptors (Lipinski definition) is 3. The number of hydrogen-bond donors (Lipinski definition) is 0. The molecule has 1 aliphatic heterocycles. The molecule has 0 fully saturated rings. The summed E-state index contributed by atoms with van der Waals surface area (Å²) in [7, 11) is 1.64. The van der Waals surface area contributed by atoms with Gasteiger partial charge in [0.25, 0.3) is 0 Å². The number of allylic oxidation sites excluding steroid dienone is 3. The Kier molecular flexibility index (Phi) is 3.43. The molecule has 0 aromatic rings. The minimum Gasteiger partial charge on any atom is -0.277 e. The number of hydrazone groups is 1. The Morgan fingerprint density at radius 3 is 2.93 bits per heavy atom. The van der Waals surface area contributed by atoms with Crippen molar-refractivity contribution in [1.82, 2.24) is 5.01 Å². The Morgan fingerprint density at radius 2 is 2.43 bits per heavy atom. The van der Waals surface area contributed by atoms with Crippen molar-refractivity contribution in [3.8, 4) is 6.07 Å². The van der Waals surface area contributed by atoms with Crippen LogP contribution in [-0.2, 0) is 0 Å². The van der Waals surface area contributed by atoms with E-state index in [2.05, 4.69) is 10.1 Å². The van der Waals surface area contributed by atoms with Crippen LogP contribution in [0.1, 0.15) is 6.92 Å². The molecule has 0 spiro atoms. The maximum atomic E-state index is 8.73. The molecule has 0 saturated carbocycles. The number of nitrogens with zero attached hydrogens (tertiary/aromatic N) is 4. The van der Waals surface area contributed by atoms with Gasteiger partial charge < -0.3 is 0 Å². The lowest BCUT2D eigenvalue weighted by Crippen LogP contribution is -2.19. The fourth-order valence-corrected chi connectivity index (χ4v) is 1.30. The van der Waals surface area contributed by atoms with E-state index in [-0.39, 0.29) is 0 Å². The van der Waals surface area contributed by atoms with Gasteiger partial charge in [-0.2, -0.15) is 10.4 Å². The second-order valence-corrected chi connectivity index (χ2v) is 2.85. The number of halogens is 1. The molecule has 0 N–H and O–H groups in total. The molecule has 72 valence electrons. The van der Waals surface area contributed by atoms with Gasteiger partial charge in [0, 0.05) is 7.05 Å². The highest BCUT2D eigenvalue weighted by Gasteiger charge is 2.17. The molecule has 0 atom stereocenters. The predicted octanol–water partition coefficient (Wildman–Crippen LogP) is 1.87. The van der Waals surface area contributed by atoms with E-state index in [0.717, 1.165) is 0 Å². The zero-order chi connectivity index (χ0) is 10.6. The van der Waals surface area contributed by atoms with Crippen molar-refractivity contribution < 1.29 is 0 Å². The summed E-state index contributed by atoms with van der Waals surface area (Å²) in [6.07, 6.45) is 4.72. The van der Waals surface area contributed by atoms with Crippen LogP contribution in [0, 0.1) is 11.3 Å². The van der Waals surface area contributed by atoms with Crippen LogP contribution in [-0.4, -0.2) is 24.6 Å². The zero-order valence-corrected chi connectivity index (χ0v) is 8.65. The van der Waals surface area contributed by atoms with Gasteiger partial charge in [-0.1, -0.05) is 17.7 Å². The van der Waals surface area contributed by atoms with E-state index >= 15 is 0 Å². The van der Waals surface area contributed by atoms with Crippen molar-refractivity contribution in [3.05, 3.63) is 22.4 Å². The molecular formula is C9H9ClN4. The van der Waals surface area contributed by atoms with Gasteiger partial charge in [-0.25, -0.2) is 5.01 Å². The molecule has 1 aliphatic rings. The van der Waals surface area contributed by atoms with E-state index in [1.165, 1.54) is 17.6 Å². The van der Waals surface area contributed by atoms with E-state index in [0.29, 0.717) is 16.3 Å². The van der Waals surface area contributed by atoms with Crippen LogP contribution in [0.4, 0.5) is 0 Å². The first-order valence-electron chi connectivity index (χ1n) is 3.96. The Balaban J connectivity index is 3.13. The van der Waals surface area contributed by atoms with Crippen LogP contribution in [0.25, 0.3) is 0 Å². The van der Waals surface area contributed by atoms with Crippen molar-refractivity contribution in [1.29, 1.82) is 5.26 Å². The summed E-state index contributed by atoms with van der Waals surface area (Å²) in [6, 6.07) is 1.97. The highest BCUT2D eigenvalue weighted by atomic mass is 35.5. The van der Waals surface area contributed by atoms with E-state index in [9.17, 15) is 0 Å². The smallest absolute Gasteiger partial charge is 0.111 e. The van der Waals surface area contributed by atoms with Crippen LogP contribution in [0.2, 0.25) is 0 Å². The maximum absolute atomic E-state index is 8.73. The summed E-state index contributed by atoms with van der Waals surface area (Å²) in [5, 5.41) is 14.6. The minimum absolute atomic E-state index is 0.362. The first-order chi connectivity index (χ1) is 6.74. The Labute approximate surface area is 87.5 Å². The van der Waals surface area contributed by atoms with E-state index in [1.54, 1.807) is 13.1 Å². The molecule has 0 aromatic carbocycles. The van der Waals surface area contributed by atoms with Gasteiger partial charge in [0.1, 0.15) is 12.4 Å². The normalized spacial score (nSPS) is 19.6. The van der Waals surface area contributed by atoms with Crippen LogP contribution in [0.15, 0.2) is 32.5 Å². The molecular weight excluding hydrogens is 200 g/mol. The third-order valence-electron chi connectivity index (χ3n) is 1.64. The molecule has 0 saturated heterocycles. The van der Waals surface area contributed by atoms with Crippen molar-refractivity contribution in [2.24, 2.45) is 10.1 Å². The summed E-state index contributed by atoms with van der Waals surface area (Å²) < 4.78 is 0. The van der Waals surface area contributed by atoms with E-state index in [4.69, 9.17) is 16.9 Å². The van der Waals surface area contributed by atoms with Crippen molar-refractivity contribution in [2.75, 3.05) is 7.05 Å². The topological polar surface area (TPSA) is 51.8 Å². The Hall–Kier alpha value is -1.60. The molecule has 14 heavy (non-hydrogen) atoms. The first kappa shape index (κ1) is 10.5. The van der Waals surface area contributed by atoms with Gasteiger partial charge in [0.05, 0.1) is 22.5 Å². The third-order valence-corrected chi connectivity index (χ3v) is 2.04. The molecule has 1 rings (SSSR count). The van der Waals surface area contributed by atoms with Crippen LogP contribution < -0.4 is 0 Å². The Bertz CT molecular complexity index is 384. The second-order valence-electron chi connectivity index (χ2n) is 2.48. The SMILES string of the molecule is CC=C1C(Cl)=C(C#N)C=NN1C=NC. The minimum atomic E-state index is 0.362. The van der Waals surface area contributed by atoms with Gasteiger partial charge >= 0.3 is 0 Å². The predicted molar refractivity (Wildman–Crippen MR) is 57.0 cm³/mol. The fraction of sp³-hybridized carbons (Fsp3) is 0.222. The first-order valence-corrected chi connectivity index (χ1v) is 4.34. The van der Waals surface area contributed by atoms with Gasteiger partial charge in [0.2, 0.25) is 0 Å². The quantitative estimate of drug-likeness (QED) is 0.488. The third kappa shape index (κ3) is 1.83. The lowest BCUT2D eigenvalue weighted by atomic mass is 10.2. The molecule has 0 bridgehead atoms. The van der Waals surface area contributed by atoms with Gasteiger partial charge in [-0.3, -0.25) is 4.99 Å². The lowest BCUT2D eigenvalue weighted by Gasteiger charge is -2.20. The summed E-state index contributed by atoms with van der Waals surface area (Å²) in [5.41, 5.74) is 1.02. The van der Waals surface area contributed by atoms with E-state index in [1.807, 2.05) is 13.0 Å². The molecule has 0 unspecified atom stereocenters. The number of nitriles is 1. The maximum Gasteiger partial charge on any atom is 0.111 e. The van der Waals surface area contributed by atoms with Crippen molar-refractivity contribution in [2.45, 2.75) is 6.92 Å². The lowest BCUT2D eigenvalue weighted by molar-refractivity contribution is 0.578. The summed E-state index contributed by atoms with van der Waals surface area (Å²) in [4.78, 5) is 3.83. The number of aliphatic imine (C=N–C) groups is 1. The van der Waals surface area contributed by atoms with Crippen LogP contribution in [0.5, 0.6) is 0 Å². The largest absolute Gasteiger partial charge is 0.277 e. The standard InChI is InChI=1S/C9H9ClN4/c1-3-8-9(10)7(4-11)5-13-14(8)6-12-2/h3,5-6H,1-2H3. The van der Waals surface area contributed by atoms with Crippen molar-refractivity contribution >= 4 is 24.2 Å². The molecule has 0 radical (unpaired) electrons. The monoisotopic (exact) mass is 208 g/mol. The van der Waals surface area contributed by atoms with Gasteiger partial charge in [0.15, 0.2) is 0 Å². The van der Waals surface area contributed by atoms with Crippen LogP contribution in [0.3, 0.4) is 0 Å². The van der Waals surface area contributed by atoms with E-state index < -0.39 is 0 Å². The van der Waals surface area contributed by atoms with Crippen LogP contribution >= 0.6 is 11.6 Å².